The van der Waals surface area contributed by atoms with Crippen LogP contribution in [0, 0.1) is 15.9 Å². The van der Waals surface area contributed by atoms with Crippen molar-refractivity contribution in [1.29, 1.82) is 0 Å². The molecule has 13 heteroatoms. The van der Waals surface area contributed by atoms with E-state index in [9.17, 15) is 33.7 Å². The highest BCUT2D eigenvalue weighted by Gasteiger charge is 2.37. The molecule has 3 aromatic rings. The van der Waals surface area contributed by atoms with Gasteiger partial charge in [0.25, 0.3) is 23.4 Å². The monoisotopic (exact) mass is 534 g/mol. The van der Waals surface area contributed by atoms with Crippen LogP contribution in [0.5, 0.6) is 11.5 Å². The predicted octanol–water partition coefficient (Wildman–Crippen LogP) is 3.43. The van der Waals surface area contributed by atoms with Gasteiger partial charge in [-0.05, 0) is 54.1 Å². The maximum absolute atomic E-state index is 13.1. The second kappa shape index (κ2) is 11.2. The molecular weight excluding hydrogens is 515 g/mol. The lowest BCUT2D eigenvalue weighted by molar-refractivity contribution is -0.384. The molecule has 4 rings (SSSR count). The van der Waals surface area contributed by atoms with Gasteiger partial charge in [0, 0.05) is 17.8 Å². The highest BCUT2D eigenvalue weighted by atomic mass is 19.1. The molecule has 1 saturated heterocycles. The van der Waals surface area contributed by atoms with E-state index in [4.69, 9.17) is 9.47 Å². The van der Waals surface area contributed by atoms with Gasteiger partial charge in [0.2, 0.25) is 0 Å². The Hall–Kier alpha value is -5.59. The first kappa shape index (κ1) is 26.5. The molecule has 5 amide bonds. The number of carbonyl (C=O) groups excluding carboxylic acids is 4. The van der Waals surface area contributed by atoms with E-state index in [0.29, 0.717) is 16.2 Å². The van der Waals surface area contributed by atoms with Crippen molar-refractivity contribution >= 4 is 46.9 Å². The number of urea groups is 1. The second-order valence-corrected chi connectivity index (χ2v) is 7.99. The number of ether oxygens (including phenoxy) is 2. The molecule has 0 radical (unpaired) electrons. The number of hydrogen-bond donors (Lipinski definition) is 2. The Morgan fingerprint density at radius 3 is 2.51 bits per heavy atom. The van der Waals surface area contributed by atoms with Gasteiger partial charge in [-0.3, -0.25) is 29.8 Å². The average Bonchev–Trinajstić information content (AvgIpc) is 2.91. The number of nitrogens with one attached hydrogen (secondary N) is 2. The molecule has 1 aliphatic heterocycles. The summed E-state index contributed by atoms with van der Waals surface area (Å²) in [5, 5.41) is 15.7. The fourth-order valence-corrected chi connectivity index (χ4v) is 3.57. The molecule has 39 heavy (non-hydrogen) atoms. The molecule has 0 bridgehead atoms. The first-order valence-electron chi connectivity index (χ1n) is 11.2. The number of rotatable bonds is 8. The van der Waals surface area contributed by atoms with Crippen LogP contribution >= 0.6 is 0 Å². The van der Waals surface area contributed by atoms with Gasteiger partial charge >= 0.3 is 6.03 Å². The molecule has 0 saturated carbocycles. The number of nitrogens with zero attached hydrogens (tertiary/aromatic N) is 2. The van der Waals surface area contributed by atoms with Gasteiger partial charge < -0.3 is 14.8 Å². The maximum atomic E-state index is 13.1. The number of non-ortho nitro benzene ring substituents is 1. The lowest BCUT2D eigenvalue weighted by Crippen LogP contribution is -2.54. The molecule has 1 aliphatic rings. The smallest absolute Gasteiger partial charge is 0.335 e. The molecular formula is C26H19FN4O8. The lowest BCUT2D eigenvalue weighted by atomic mass is 10.1. The molecule has 2 N–H and O–H groups in total. The number of nitro groups is 1. The van der Waals surface area contributed by atoms with Gasteiger partial charge in [-0.15, -0.1) is 0 Å². The summed E-state index contributed by atoms with van der Waals surface area (Å²) in [7, 11) is 1.35. The molecule has 0 spiro atoms. The third-order valence-electron chi connectivity index (χ3n) is 5.39. The van der Waals surface area contributed by atoms with E-state index < -0.39 is 46.7 Å². The fraction of sp³-hybridized carbons (Fsp3) is 0.0769. The van der Waals surface area contributed by atoms with Gasteiger partial charge in [-0.25, -0.2) is 14.1 Å². The van der Waals surface area contributed by atoms with Gasteiger partial charge in [0.15, 0.2) is 18.1 Å². The van der Waals surface area contributed by atoms with Crippen molar-refractivity contribution in [3.8, 4) is 11.5 Å². The zero-order valence-electron chi connectivity index (χ0n) is 20.2. The van der Waals surface area contributed by atoms with E-state index in [0.717, 1.165) is 6.07 Å². The zero-order chi connectivity index (χ0) is 28.1. The third-order valence-corrected chi connectivity index (χ3v) is 5.39. The summed E-state index contributed by atoms with van der Waals surface area (Å²) < 4.78 is 23.8. The Kier molecular flexibility index (Phi) is 7.61. The number of anilines is 2. The first-order valence-corrected chi connectivity index (χ1v) is 11.2. The molecule has 0 atom stereocenters. The van der Waals surface area contributed by atoms with Crippen LogP contribution in [0.4, 0.5) is 26.2 Å². The number of methoxy groups -OCH3 is 1. The predicted molar refractivity (Wildman–Crippen MR) is 136 cm³/mol. The number of benzene rings is 3. The van der Waals surface area contributed by atoms with Crippen LogP contribution in [-0.2, 0) is 14.4 Å². The lowest BCUT2D eigenvalue weighted by Gasteiger charge is -2.26. The number of hydrogen-bond acceptors (Lipinski definition) is 8. The second-order valence-electron chi connectivity index (χ2n) is 7.99. The molecule has 0 aliphatic carbocycles. The Bertz CT molecular complexity index is 1520. The number of amides is 5. The van der Waals surface area contributed by atoms with Crippen molar-refractivity contribution in [3.63, 3.8) is 0 Å². The van der Waals surface area contributed by atoms with E-state index in [1.165, 1.54) is 73.8 Å². The van der Waals surface area contributed by atoms with Crippen LogP contribution in [-0.4, -0.2) is 42.4 Å². The number of barbiturate groups is 1. The zero-order valence-corrected chi connectivity index (χ0v) is 20.2. The highest BCUT2D eigenvalue weighted by Crippen LogP contribution is 2.30. The van der Waals surface area contributed by atoms with E-state index in [-0.39, 0.29) is 22.9 Å². The summed E-state index contributed by atoms with van der Waals surface area (Å²) in [5.74, 6) is -2.54. The summed E-state index contributed by atoms with van der Waals surface area (Å²) in [5.41, 5.74) is -0.142. The minimum absolute atomic E-state index is 0.0923. The standard InChI is InChI=1S/C26H19FN4O8/c1-38-22-12-15(5-10-21(22)39-14-23(32)28-17-8-6-16(27)7-9-17)11-20-24(33)29-26(35)30(25(20)34)18-3-2-4-19(13-18)31(36)37/h2-13H,14H2,1H3,(H,28,32)(H,29,33,35)/b20-11-. The van der Waals surface area contributed by atoms with Gasteiger partial charge in [0.05, 0.1) is 17.7 Å². The van der Waals surface area contributed by atoms with Crippen molar-refractivity contribution in [2.75, 3.05) is 23.9 Å². The number of nitro benzene ring substituents is 1. The van der Waals surface area contributed by atoms with Crippen molar-refractivity contribution in [2.45, 2.75) is 0 Å². The molecule has 0 unspecified atom stereocenters. The number of carbonyl (C=O) groups is 4. The van der Waals surface area contributed by atoms with E-state index >= 15 is 0 Å². The maximum Gasteiger partial charge on any atom is 0.335 e. The van der Waals surface area contributed by atoms with Gasteiger partial charge in [-0.1, -0.05) is 12.1 Å². The Morgan fingerprint density at radius 1 is 1.08 bits per heavy atom. The van der Waals surface area contributed by atoms with Gasteiger partial charge in [0.1, 0.15) is 11.4 Å². The molecule has 3 aromatic carbocycles. The first-order chi connectivity index (χ1) is 18.7. The highest BCUT2D eigenvalue weighted by molar-refractivity contribution is 6.39. The summed E-state index contributed by atoms with van der Waals surface area (Å²) in [6, 6.07) is 13.4. The largest absolute Gasteiger partial charge is 0.493 e. The number of imide groups is 2. The van der Waals surface area contributed by atoms with Crippen molar-refractivity contribution < 1.29 is 38.0 Å². The summed E-state index contributed by atoms with van der Waals surface area (Å²) in [6.45, 7) is -0.394. The van der Waals surface area contributed by atoms with Crippen LogP contribution in [0.1, 0.15) is 5.56 Å². The van der Waals surface area contributed by atoms with Crippen LogP contribution in [0.25, 0.3) is 6.08 Å². The minimum Gasteiger partial charge on any atom is -0.493 e. The van der Waals surface area contributed by atoms with Crippen molar-refractivity contribution in [1.82, 2.24) is 5.32 Å². The Balaban J connectivity index is 1.52. The topological polar surface area (TPSA) is 157 Å². The Labute approximate surface area is 219 Å². The molecule has 1 heterocycles. The summed E-state index contributed by atoms with van der Waals surface area (Å²) in [4.78, 5) is 61.1. The van der Waals surface area contributed by atoms with Gasteiger partial charge in [-0.2, -0.15) is 0 Å². The van der Waals surface area contributed by atoms with E-state index in [1.807, 2.05) is 5.32 Å². The van der Waals surface area contributed by atoms with E-state index in [2.05, 4.69) is 5.32 Å². The fourth-order valence-electron chi connectivity index (χ4n) is 3.57. The van der Waals surface area contributed by atoms with Crippen LogP contribution < -0.4 is 25.0 Å². The normalized spacial score (nSPS) is 14.2. The summed E-state index contributed by atoms with van der Waals surface area (Å²) >= 11 is 0. The van der Waals surface area contributed by atoms with Crippen LogP contribution in [0.2, 0.25) is 0 Å². The quantitative estimate of drug-likeness (QED) is 0.193. The molecule has 198 valence electrons. The number of halogens is 1. The Morgan fingerprint density at radius 2 is 1.82 bits per heavy atom. The van der Waals surface area contributed by atoms with Crippen molar-refractivity contribution in [3.05, 3.63) is 93.8 Å². The van der Waals surface area contributed by atoms with Crippen molar-refractivity contribution in [2.24, 2.45) is 0 Å². The van der Waals surface area contributed by atoms with Crippen LogP contribution in [0.15, 0.2) is 72.3 Å². The minimum atomic E-state index is -1.05. The molecule has 1 fully saturated rings. The SMILES string of the molecule is COc1cc(/C=C2/C(=O)NC(=O)N(c3cccc([N+](=O)[O-])c3)C2=O)ccc1OCC(=O)Nc1ccc(F)cc1. The summed E-state index contributed by atoms with van der Waals surface area (Å²) in [6.07, 6.45) is 1.21. The average molecular weight is 534 g/mol. The third kappa shape index (κ3) is 6.05. The molecule has 12 nitrogen and oxygen atoms in total. The van der Waals surface area contributed by atoms with E-state index in [1.54, 1.807) is 0 Å². The van der Waals surface area contributed by atoms with Crippen LogP contribution in [0.3, 0.4) is 0 Å². The molecule has 0 aromatic heterocycles.